The summed E-state index contributed by atoms with van der Waals surface area (Å²) in [4.78, 5) is 17.5. The van der Waals surface area contributed by atoms with Crippen molar-refractivity contribution in [1.82, 2.24) is 9.97 Å². The van der Waals surface area contributed by atoms with Gasteiger partial charge in [-0.05, 0) is 40.2 Å². The number of aromatic amines is 1. The summed E-state index contributed by atoms with van der Waals surface area (Å²) in [6, 6.07) is 4.68. The molecule has 2 aromatic rings. The van der Waals surface area contributed by atoms with E-state index in [0.717, 1.165) is 12.1 Å². The van der Waals surface area contributed by atoms with Gasteiger partial charge in [0.15, 0.2) is 0 Å². The molecule has 0 saturated heterocycles. The van der Waals surface area contributed by atoms with Gasteiger partial charge in [0.2, 0.25) is 5.88 Å². The maximum Gasteiger partial charge on any atom is 0.573 e. The second-order valence-electron chi connectivity index (χ2n) is 3.62. The lowest BCUT2D eigenvalue weighted by Crippen LogP contribution is -2.17. The molecule has 0 aliphatic rings. The highest BCUT2D eigenvalue weighted by Gasteiger charge is 2.31. The molecule has 0 aliphatic carbocycles. The molecule has 106 valence electrons. The smallest absolute Gasteiger partial charge is 0.492 e. The van der Waals surface area contributed by atoms with Gasteiger partial charge in [0.1, 0.15) is 16.0 Å². The minimum Gasteiger partial charge on any atom is -0.492 e. The molecule has 0 unspecified atom stereocenters. The highest BCUT2D eigenvalue weighted by Crippen LogP contribution is 2.26. The number of rotatable bonds is 2. The van der Waals surface area contributed by atoms with Gasteiger partial charge in [0.25, 0.3) is 5.56 Å². The molecule has 20 heavy (non-hydrogen) atoms. The van der Waals surface area contributed by atoms with E-state index >= 15 is 0 Å². The number of hydrogen-bond acceptors (Lipinski definition) is 4. The highest BCUT2D eigenvalue weighted by atomic mass is 79.9. The summed E-state index contributed by atoms with van der Waals surface area (Å²) in [7, 11) is 0. The third-order valence-corrected chi connectivity index (χ3v) is 2.92. The Morgan fingerprint density at radius 3 is 2.35 bits per heavy atom. The Bertz CT molecular complexity index is 683. The summed E-state index contributed by atoms with van der Waals surface area (Å²) in [5.41, 5.74) is -0.289. The van der Waals surface area contributed by atoms with Crippen molar-refractivity contribution in [3.05, 3.63) is 39.1 Å². The quantitative estimate of drug-likeness (QED) is 0.873. The topological polar surface area (TPSA) is 75.2 Å². The molecule has 0 saturated carbocycles. The van der Waals surface area contributed by atoms with Crippen LogP contribution in [0.3, 0.4) is 0 Å². The lowest BCUT2D eigenvalue weighted by atomic mass is 10.2. The van der Waals surface area contributed by atoms with E-state index in [4.69, 9.17) is 0 Å². The predicted octanol–water partition coefficient (Wildman–Crippen LogP) is 2.80. The van der Waals surface area contributed by atoms with Crippen LogP contribution >= 0.6 is 15.9 Å². The fourth-order valence-corrected chi connectivity index (χ4v) is 1.59. The SMILES string of the molecule is O=c1[nH]c(-c2ccc(OC(F)(F)F)cc2)nc(O)c1Br. The summed E-state index contributed by atoms with van der Waals surface area (Å²) in [5, 5.41) is 9.40. The van der Waals surface area contributed by atoms with E-state index in [-0.39, 0.29) is 10.3 Å². The summed E-state index contributed by atoms with van der Waals surface area (Å²) in [5.74, 6) is -0.890. The molecule has 1 aromatic carbocycles. The van der Waals surface area contributed by atoms with Gasteiger partial charge in [0, 0.05) is 5.56 Å². The van der Waals surface area contributed by atoms with E-state index in [2.05, 4.69) is 30.6 Å². The fraction of sp³-hybridized carbons (Fsp3) is 0.0909. The average molecular weight is 351 g/mol. The molecule has 0 aliphatic heterocycles. The van der Waals surface area contributed by atoms with Gasteiger partial charge in [-0.1, -0.05) is 0 Å². The highest BCUT2D eigenvalue weighted by molar-refractivity contribution is 9.10. The second-order valence-corrected chi connectivity index (χ2v) is 4.42. The van der Waals surface area contributed by atoms with Crippen LogP contribution in [0, 0.1) is 0 Å². The van der Waals surface area contributed by atoms with E-state index in [0.29, 0.717) is 5.56 Å². The summed E-state index contributed by atoms with van der Waals surface area (Å²) < 4.78 is 39.6. The van der Waals surface area contributed by atoms with Crippen LogP contribution in [0.15, 0.2) is 33.5 Å². The van der Waals surface area contributed by atoms with E-state index in [1.54, 1.807) is 0 Å². The number of nitrogens with one attached hydrogen (secondary N) is 1. The number of aromatic nitrogens is 2. The van der Waals surface area contributed by atoms with E-state index in [1.807, 2.05) is 0 Å². The zero-order chi connectivity index (χ0) is 14.9. The van der Waals surface area contributed by atoms with Crippen molar-refractivity contribution in [3.63, 3.8) is 0 Å². The Kier molecular flexibility index (Phi) is 3.71. The molecule has 2 rings (SSSR count). The molecule has 1 heterocycles. The Labute approximate surface area is 118 Å². The number of benzene rings is 1. The number of aromatic hydroxyl groups is 1. The van der Waals surface area contributed by atoms with Crippen molar-refractivity contribution in [1.29, 1.82) is 0 Å². The van der Waals surface area contributed by atoms with Crippen molar-refractivity contribution in [3.8, 4) is 23.0 Å². The van der Waals surface area contributed by atoms with Crippen LogP contribution in [0.1, 0.15) is 0 Å². The fourth-order valence-electron chi connectivity index (χ4n) is 1.40. The summed E-state index contributed by atoms with van der Waals surface area (Å²) >= 11 is 2.83. The molecular weight excluding hydrogens is 345 g/mol. The van der Waals surface area contributed by atoms with Crippen molar-refractivity contribution >= 4 is 15.9 Å². The zero-order valence-corrected chi connectivity index (χ0v) is 11.1. The molecule has 9 heteroatoms. The molecule has 0 fully saturated rings. The maximum atomic E-state index is 12.0. The van der Waals surface area contributed by atoms with E-state index in [1.165, 1.54) is 12.1 Å². The van der Waals surface area contributed by atoms with Gasteiger partial charge in [-0.15, -0.1) is 13.2 Å². The Morgan fingerprint density at radius 1 is 1.25 bits per heavy atom. The van der Waals surface area contributed by atoms with Gasteiger partial charge < -0.3 is 14.8 Å². The Balaban J connectivity index is 2.33. The third-order valence-electron chi connectivity index (χ3n) is 2.21. The van der Waals surface area contributed by atoms with Crippen molar-refractivity contribution in [2.24, 2.45) is 0 Å². The maximum absolute atomic E-state index is 12.0. The molecule has 5 nitrogen and oxygen atoms in total. The molecule has 0 amide bonds. The van der Waals surface area contributed by atoms with Crippen molar-refractivity contribution in [2.45, 2.75) is 6.36 Å². The second kappa shape index (κ2) is 5.16. The first-order valence-electron chi connectivity index (χ1n) is 5.11. The van der Waals surface area contributed by atoms with E-state index < -0.39 is 23.6 Å². The van der Waals surface area contributed by atoms with Gasteiger partial charge in [-0.3, -0.25) is 4.79 Å². The molecular formula is C11H6BrF3N2O3. The van der Waals surface area contributed by atoms with Crippen LogP contribution in [-0.4, -0.2) is 21.4 Å². The summed E-state index contributed by atoms with van der Waals surface area (Å²) in [6.45, 7) is 0. The minimum atomic E-state index is -4.77. The van der Waals surface area contributed by atoms with Crippen LogP contribution in [0.4, 0.5) is 13.2 Å². The van der Waals surface area contributed by atoms with Crippen LogP contribution in [0.2, 0.25) is 0 Å². The molecule has 0 spiro atoms. The molecule has 2 N–H and O–H groups in total. The van der Waals surface area contributed by atoms with Gasteiger partial charge >= 0.3 is 6.36 Å². The van der Waals surface area contributed by atoms with Gasteiger partial charge in [0.05, 0.1) is 0 Å². The lowest BCUT2D eigenvalue weighted by molar-refractivity contribution is -0.274. The lowest BCUT2D eigenvalue weighted by Gasteiger charge is -2.09. The number of halogens is 4. The first kappa shape index (κ1) is 14.4. The molecule has 0 bridgehead atoms. The molecule has 0 radical (unpaired) electrons. The number of ether oxygens (including phenoxy) is 1. The van der Waals surface area contributed by atoms with Crippen molar-refractivity contribution < 1.29 is 23.0 Å². The third kappa shape index (κ3) is 3.29. The average Bonchev–Trinajstić information content (AvgIpc) is 2.34. The number of H-pyrrole nitrogens is 1. The first-order chi connectivity index (χ1) is 9.26. The molecule has 1 aromatic heterocycles. The van der Waals surface area contributed by atoms with Gasteiger partial charge in [-0.2, -0.15) is 4.98 Å². The zero-order valence-electron chi connectivity index (χ0n) is 9.53. The van der Waals surface area contributed by atoms with Crippen LogP contribution in [0.25, 0.3) is 11.4 Å². The van der Waals surface area contributed by atoms with Crippen LogP contribution < -0.4 is 10.3 Å². The van der Waals surface area contributed by atoms with Crippen LogP contribution in [-0.2, 0) is 0 Å². The number of hydrogen-bond donors (Lipinski definition) is 2. The Morgan fingerprint density at radius 2 is 1.85 bits per heavy atom. The van der Waals surface area contributed by atoms with E-state index in [9.17, 15) is 23.1 Å². The minimum absolute atomic E-state index is 0.0225. The largest absolute Gasteiger partial charge is 0.573 e. The van der Waals surface area contributed by atoms with Crippen molar-refractivity contribution in [2.75, 3.05) is 0 Å². The molecule has 0 atom stereocenters. The normalized spacial score (nSPS) is 11.4. The van der Waals surface area contributed by atoms with Gasteiger partial charge in [-0.25, -0.2) is 0 Å². The van der Waals surface area contributed by atoms with Crippen LogP contribution in [0.5, 0.6) is 11.6 Å². The number of alkyl halides is 3. The predicted molar refractivity (Wildman–Crippen MR) is 66.3 cm³/mol. The first-order valence-corrected chi connectivity index (χ1v) is 5.90. The summed E-state index contributed by atoms with van der Waals surface area (Å²) in [6.07, 6.45) is -4.77. The standard InChI is InChI=1S/C11H6BrF3N2O3/c12-7-9(18)16-8(17-10(7)19)5-1-3-6(4-2-5)20-11(13,14)15/h1-4H,(H2,16,17,18,19). The monoisotopic (exact) mass is 350 g/mol. The Hall–Kier alpha value is -2.03. The number of nitrogens with zero attached hydrogens (tertiary/aromatic N) is 1.